The minimum absolute atomic E-state index is 0.122. The lowest BCUT2D eigenvalue weighted by Gasteiger charge is -2.46. The fourth-order valence-electron chi connectivity index (χ4n) is 3.84. The minimum atomic E-state index is -2.38. The third kappa shape index (κ3) is 3.04. The average Bonchev–Trinajstić information content (AvgIpc) is 3.04. The number of halogens is 2. The first-order chi connectivity index (χ1) is 8.57. The summed E-state index contributed by atoms with van der Waals surface area (Å²) in [4.78, 5) is 0. The number of hydrogen-bond donors (Lipinski definition) is 1. The molecule has 0 saturated heterocycles. The van der Waals surface area contributed by atoms with E-state index in [4.69, 9.17) is 0 Å². The molecule has 1 nitrogen and oxygen atoms in total. The zero-order chi connectivity index (χ0) is 12.6. The van der Waals surface area contributed by atoms with Crippen molar-refractivity contribution in [1.82, 2.24) is 5.32 Å². The number of nitrogens with one attached hydrogen (secondary N) is 1. The van der Waals surface area contributed by atoms with E-state index in [1.807, 2.05) is 0 Å². The Balaban J connectivity index is 1.52. The van der Waals surface area contributed by atoms with Gasteiger partial charge in [0, 0.05) is 25.4 Å². The van der Waals surface area contributed by atoms with Crippen molar-refractivity contribution in [1.29, 1.82) is 0 Å². The lowest BCUT2D eigenvalue weighted by atomic mass is 9.62. The Morgan fingerprint density at radius 1 is 1.00 bits per heavy atom. The minimum Gasteiger partial charge on any atom is -0.313 e. The van der Waals surface area contributed by atoms with Crippen LogP contribution >= 0.6 is 0 Å². The Kier molecular flexibility index (Phi) is 3.38. The largest absolute Gasteiger partial charge is 0.313 e. The zero-order valence-corrected chi connectivity index (χ0v) is 11.2. The second-order valence-electron chi connectivity index (χ2n) is 7.03. The molecule has 1 N–H and O–H groups in total. The molecule has 3 aliphatic carbocycles. The molecule has 104 valence electrons. The highest BCUT2D eigenvalue weighted by Crippen LogP contribution is 2.50. The van der Waals surface area contributed by atoms with Gasteiger partial charge in [-0.3, -0.25) is 0 Å². The van der Waals surface area contributed by atoms with Crippen molar-refractivity contribution in [3.05, 3.63) is 0 Å². The smallest absolute Gasteiger partial charge is 0.248 e. The number of alkyl halides is 2. The molecule has 3 aliphatic rings. The Hall–Kier alpha value is -0.180. The molecule has 0 aromatic rings. The van der Waals surface area contributed by atoms with E-state index in [9.17, 15) is 8.78 Å². The molecule has 18 heavy (non-hydrogen) atoms. The van der Waals surface area contributed by atoms with E-state index in [0.29, 0.717) is 5.41 Å². The summed E-state index contributed by atoms with van der Waals surface area (Å²) in [6.07, 6.45) is 9.52. The second kappa shape index (κ2) is 4.73. The Labute approximate surface area is 109 Å². The van der Waals surface area contributed by atoms with Gasteiger partial charge < -0.3 is 5.32 Å². The van der Waals surface area contributed by atoms with Crippen LogP contribution in [0.25, 0.3) is 0 Å². The molecule has 0 aromatic carbocycles. The summed E-state index contributed by atoms with van der Waals surface area (Å²) in [6, 6.07) is 0.746. The maximum atomic E-state index is 13.5. The molecule has 3 heteroatoms. The van der Waals surface area contributed by atoms with Gasteiger partial charge in [0.15, 0.2) is 0 Å². The molecule has 0 heterocycles. The maximum absolute atomic E-state index is 13.5. The van der Waals surface area contributed by atoms with E-state index in [0.717, 1.165) is 31.8 Å². The summed E-state index contributed by atoms with van der Waals surface area (Å²) in [5, 5.41) is 3.62. The highest BCUT2D eigenvalue weighted by Gasteiger charge is 2.43. The van der Waals surface area contributed by atoms with Crippen molar-refractivity contribution in [3.8, 4) is 0 Å². The van der Waals surface area contributed by atoms with Crippen LogP contribution < -0.4 is 5.32 Å². The van der Waals surface area contributed by atoms with E-state index >= 15 is 0 Å². The molecule has 1 atom stereocenters. The molecular formula is C15H25F2N. The second-order valence-corrected chi connectivity index (χ2v) is 7.03. The monoisotopic (exact) mass is 257 g/mol. The normalized spacial score (nSPS) is 34.0. The molecule has 3 rings (SSSR count). The van der Waals surface area contributed by atoms with E-state index in [1.54, 1.807) is 0 Å². The van der Waals surface area contributed by atoms with Crippen LogP contribution in [0.1, 0.15) is 64.2 Å². The van der Waals surface area contributed by atoms with Gasteiger partial charge in [-0.2, -0.15) is 0 Å². The van der Waals surface area contributed by atoms with Crippen molar-refractivity contribution in [3.63, 3.8) is 0 Å². The molecule has 0 aliphatic heterocycles. The lowest BCUT2D eigenvalue weighted by Crippen LogP contribution is -2.43. The Morgan fingerprint density at radius 2 is 1.78 bits per heavy atom. The van der Waals surface area contributed by atoms with Crippen LogP contribution in [0.15, 0.2) is 0 Å². The standard InChI is InChI=1S/C15H25F2N/c16-15(17)8-1-3-12(10-15)9-14(6-2-7-14)11-18-13-4-5-13/h12-13,18H,1-11H2. The van der Waals surface area contributed by atoms with Crippen LogP contribution in [-0.4, -0.2) is 18.5 Å². The van der Waals surface area contributed by atoms with Crippen LogP contribution in [0.5, 0.6) is 0 Å². The van der Waals surface area contributed by atoms with Crippen molar-refractivity contribution >= 4 is 0 Å². The molecule has 0 bridgehead atoms. The summed E-state index contributed by atoms with van der Waals surface area (Å²) in [7, 11) is 0. The first kappa shape index (κ1) is 12.8. The molecular weight excluding hydrogens is 232 g/mol. The summed E-state index contributed by atoms with van der Waals surface area (Å²) < 4.78 is 26.9. The van der Waals surface area contributed by atoms with Gasteiger partial charge in [0.05, 0.1) is 0 Å². The molecule has 0 spiro atoms. The average molecular weight is 257 g/mol. The van der Waals surface area contributed by atoms with Gasteiger partial charge >= 0.3 is 0 Å². The van der Waals surface area contributed by atoms with Crippen molar-refractivity contribution < 1.29 is 8.78 Å². The first-order valence-corrected chi connectivity index (χ1v) is 7.68. The van der Waals surface area contributed by atoms with Gasteiger partial charge in [-0.15, -0.1) is 0 Å². The zero-order valence-electron chi connectivity index (χ0n) is 11.2. The van der Waals surface area contributed by atoms with Crippen LogP contribution in [0.4, 0.5) is 8.78 Å². The van der Waals surface area contributed by atoms with Crippen LogP contribution in [0, 0.1) is 11.3 Å². The van der Waals surface area contributed by atoms with Gasteiger partial charge in [0.1, 0.15) is 0 Å². The van der Waals surface area contributed by atoms with Crippen molar-refractivity contribution in [2.24, 2.45) is 11.3 Å². The summed E-state index contributed by atoms with van der Waals surface area (Å²) in [6.45, 7) is 1.08. The number of rotatable bonds is 5. The summed E-state index contributed by atoms with van der Waals surface area (Å²) in [5.74, 6) is -2.10. The van der Waals surface area contributed by atoms with Crippen molar-refractivity contribution in [2.45, 2.75) is 76.2 Å². The lowest BCUT2D eigenvalue weighted by molar-refractivity contribution is -0.0645. The van der Waals surface area contributed by atoms with Gasteiger partial charge in [-0.25, -0.2) is 8.78 Å². The highest BCUT2D eigenvalue weighted by molar-refractivity contribution is 4.95. The predicted molar refractivity (Wildman–Crippen MR) is 68.8 cm³/mol. The van der Waals surface area contributed by atoms with Gasteiger partial charge in [0.2, 0.25) is 5.92 Å². The fraction of sp³-hybridized carbons (Fsp3) is 1.00. The third-order valence-corrected chi connectivity index (χ3v) is 5.22. The van der Waals surface area contributed by atoms with Gasteiger partial charge in [-0.1, -0.05) is 6.42 Å². The predicted octanol–water partition coefficient (Wildman–Crippen LogP) is 4.12. The molecule has 0 radical (unpaired) electrons. The molecule has 1 unspecified atom stereocenters. The first-order valence-electron chi connectivity index (χ1n) is 7.68. The maximum Gasteiger partial charge on any atom is 0.248 e. The summed E-state index contributed by atoms with van der Waals surface area (Å²) >= 11 is 0. The Bertz CT molecular complexity index is 295. The Morgan fingerprint density at radius 3 is 2.33 bits per heavy atom. The van der Waals surface area contributed by atoms with Crippen LogP contribution in [-0.2, 0) is 0 Å². The van der Waals surface area contributed by atoms with Crippen LogP contribution in [0.3, 0.4) is 0 Å². The quantitative estimate of drug-likeness (QED) is 0.781. The van der Waals surface area contributed by atoms with E-state index < -0.39 is 5.92 Å². The molecule has 3 saturated carbocycles. The highest BCUT2D eigenvalue weighted by atomic mass is 19.3. The van der Waals surface area contributed by atoms with E-state index in [2.05, 4.69) is 5.32 Å². The van der Waals surface area contributed by atoms with Crippen molar-refractivity contribution in [2.75, 3.05) is 6.54 Å². The van der Waals surface area contributed by atoms with Crippen LogP contribution in [0.2, 0.25) is 0 Å². The summed E-state index contributed by atoms with van der Waals surface area (Å²) in [5.41, 5.74) is 0.376. The van der Waals surface area contributed by atoms with Gasteiger partial charge in [0.25, 0.3) is 0 Å². The topological polar surface area (TPSA) is 12.0 Å². The molecule has 0 amide bonds. The fourth-order valence-corrected chi connectivity index (χ4v) is 3.84. The molecule has 0 aromatic heterocycles. The van der Waals surface area contributed by atoms with E-state index in [1.165, 1.54) is 32.1 Å². The SMILES string of the molecule is FC1(F)CCCC(CC2(CNC3CC3)CCC2)C1. The van der Waals surface area contributed by atoms with E-state index in [-0.39, 0.29) is 18.8 Å². The number of hydrogen-bond acceptors (Lipinski definition) is 1. The van der Waals surface area contributed by atoms with Gasteiger partial charge in [-0.05, 0) is 56.3 Å². The molecule has 3 fully saturated rings. The third-order valence-electron chi connectivity index (χ3n) is 5.22.